The van der Waals surface area contributed by atoms with Crippen molar-refractivity contribution in [3.05, 3.63) is 0 Å². The molecule has 4 amide bonds. The van der Waals surface area contributed by atoms with Gasteiger partial charge >= 0.3 is 6.03 Å². The molecule has 0 saturated carbocycles. The van der Waals surface area contributed by atoms with Crippen molar-refractivity contribution >= 4 is 17.8 Å². The molecule has 0 radical (unpaired) electrons. The van der Waals surface area contributed by atoms with Crippen molar-refractivity contribution in [3.63, 3.8) is 0 Å². The van der Waals surface area contributed by atoms with E-state index in [1.54, 1.807) is 4.90 Å². The Labute approximate surface area is 106 Å². The summed E-state index contributed by atoms with van der Waals surface area (Å²) in [4.78, 5) is 36.7. The molecule has 1 saturated heterocycles. The molecule has 1 rings (SSSR count). The van der Waals surface area contributed by atoms with Crippen molar-refractivity contribution in [3.8, 4) is 0 Å². The van der Waals surface area contributed by atoms with Gasteiger partial charge in [-0.2, -0.15) is 0 Å². The van der Waals surface area contributed by atoms with E-state index in [1.807, 2.05) is 0 Å². The fourth-order valence-corrected chi connectivity index (χ4v) is 2.03. The quantitative estimate of drug-likeness (QED) is 0.690. The molecule has 0 aliphatic carbocycles. The average molecular weight is 256 g/mol. The number of hydrogen-bond acceptors (Lipinski definition) is 3. The summed E-state index contributed by atoms with van der Waals surface area (Å²) >= 11 is 0. The van der Waals surface area contributed by atoms with Crippen LogP contribution in [0.2, 0.25) is 0 Å². The third-order valence-electron chi connectivity index (χ3n) is 2.84. The topological polar surface area (TPSA) is 110 Å². The number of carbonyl (C=O) groups excluding carboxylic acids is 3. The van der Waals surface area contributed by atoms with Crippen LogP contribution < -0.4 is 11.5 Å². The SMILES string of the molecule is NC(=O)CN(CC(N)=O)C(=O)N1CCCCCC1. The summed E-state index contributed by atoms with van der Waals surface area (Å²) in [6.45, 7) is 0.732. The smallest absolute Gasteiger partial charge is 0.320 e. The van der Waals surface area contributed by atoms with E-state index in [9.17, 15) is 14.4 Å². The predicted molar refractivity (Wildman–Crippen MR) is 65.4 cm³/mol. The third-order valence-corrected chi connectivity index (χ3v) is 2.84. The zero-order valence-corrected chi connectivity index (χ0v) is 10.4. The Kier molecular flexibility index (Phi) is 5.41. The molecule has 0 aromatic rings. The Morgan fingerprint density at radius 2 is 1.33 bits per heavy atom. The molecule has 0 unspecified atom stereocenters. The first kappa shape index (κ1) is 14.3. The zero-order chi connectivity index (χ0) is 13.5. The molecule has 0 aromatic heterocycles. The van der Waals surface area contributed by atoms with Crippen LogP contribution in [-0.4, -0.2) is 53.8 Å². The number of likely N-dealkylation sites (tertiary alicyclic amines) is 1. The van der Waals surface area contributed by atoms with Crippen LogP contribution in [0.5, 0.6) is 0 Å². The second kappa shape index (κ2) is 6.83. The van der Waals surface area contributed by atoms with Gasteiger partial charge in [0, 0.05) is 13.1 Å². The van der Waals surface area contributed by atoms with Crippen molar-refractivity contribution in [1.82, 2.24) is 9.80 Å². The minimum atomic E-state index is -0.653. The summed E-state index contributed by atoms with van der Waals surface area (Å²) in [5, 5.41) is 0. The maximum Gasteiger partial charge on any atom is 0.320 e. The van der Waals surface area contributed by atoms with Gasteiger partial charge in [-0.1, -0.05) is 12.8 Å². The van der Waals surface area contributed by atoms with Gasteiger partial charge in [-0.3, -0.25) is 9.59 Å². The van der Waals surface area contributed by atoms with Crippen molar-refractivity contribution in [2.24, 2.45) is 11.5 Å². The molecule has 0 atom stereocenters. The highest BCUT2D eigenvalue weighted by molar-refractivity contribution is 5.87. The molecule has 0 aromatic carbocycles. The lowest BCUT2D eigenvalue weighted by Gasteiger charge is -2.28. The average Bonchev–Trinajstić information content (AvgIpc) is 2.54. The molecule has 4 N–H and O–H groups in total. The van der Waals surface area contributed by atoms with E-state index in [-0.39, 0.29) is 19.1 Å². The Morgan fingerprint density at radius 3 is 1.72 bits per heavy atom. The highest BCUT2D eigenvalue weighted by atomic mass is 16.2. The molecule has 1 fully saturated rings. The Morgan fingerprint density at radius 1 is 0.889 bits per heavy atom. The number of primary amides is 2. The van der Waals surface area contributed by atoms with Gasteiger partial charge in [-0.05, 0) is 12.8 Å². The minimum Gasteiger partial charge on any atom is -0.368 e. The molecule has 102 valence electrons. The molecule has 1 aliphatic rings. The van der Waals surface area contributed by atoms with Crippen LogP contribution in [0.1, 0.15) is 25.7 Å². The van der Waals surface area contributed by atoms with E-state index in [1.165, 1.54) is 0 Å². The second-order valence-electron chi connectivity index (χ2n) is 4.47. The van der Waals surface area contributed by atoms with Crippen molar-refractivity contribution in [2.75, 3.05) is 26.2 Å². The molecule has 18 heavy (non-hydrogen) atoms. The highest BCUT2D eigenvalue weighted by Crippen LogP contribution is 2.11. The number of amides is 4. The van der Waals surface area contributed by atoms with Crippen LogP contribution >= 0.6 is 0 Å². The first-order chi connectivity index (χ1) is 8.50. The van der Waals surface area contributed by atoms with Gasteiger partial charge in [0.15, 0.2) is 0 Å². The summed E-state index contributed by atoms with van der Waals surface area (Å²) in [6, 6.07) is -0.338. The van der Waals surface area contributed by atoms with Crippen LogP contribution in [0.3, 0.4) is 0 Å². The normalized spacial score (nSPS) is 15.9. The van der Waals surface area contributed by atoms with E-state index in [0.717, 1.165) is 30.6 Å². The van der Waals surface area contributed by atoms with Gasteiger partial charge in [-0.25, -0.2) is 4.79 Å². The highest BCUT2D eigenvalue weighted by Gasteiger charge is 2.24. The summed E-state index contributed by atoms with van der Waals surface area (Å²) in [7, 11) is 0. The first-order valence-corrected chi connectivity index (χ1v) is 6.11. The first-order valence-electron chi connectivity index (χ1n) is 6.11. The summed E-state index contributed by atoms with van der Waals surface area (Å²) in [6.07, 6.45) is 4.06. The Bertz CT molecular complexity index is 308. The molecule has 1 aliphatic heterocycles. The third kappa shape index (κ3) is 4.60. The summed E-state index contributed by atoms with van der Waals surface area (Å²) in [5.74, 6) is -1.31. The van der Waals surface area contributed by atoms with Crippen LogP contribution in [0.4, 0.5) is 4.79 Å². The van der Waals surface area contributed by atoms with Gasteiger partial charge in [0.1, 0.15) is 13.1 Å². The van der Waals surface area contributed by atoms with Gasteiger partial charge < -0.3 is 21.3 Å². The van der Waals surface area contributed by atoms with Gasteiger partial charge in [0.05, 0.1) is 0 Å². The van der Waals surface area contributed by atoms with Crippen LogP contribution in [0.15, 0.2) is 0 Å². The van der Waals surface area contributed by atoms with E-state index in [0.29, 0.717) is 13.1 Å². The lowest BCUT2D eigenvalue weighted by Crippen LogP contribution is -2.49. The van der Waals surface area contributed by atoms with E-state index in [4.69, 9.17) is 11.5 Å². The van der Waals surface area contributed by atoms with Crippen molar-refractivity contribution in [2.45, 2.75) is 25.7 Å². The number of nitrogens with two attached hydrogens (primary N) is 2. The van der Waals surface area contributed by atoms with Crippen LogP contribution in [0, 0.1) is 0 Å². The fourth-order valence-electron chi connectivity index (χ4n) is 2.03. The van der Waals surface area contributed by atoms with Crippen LogP contribution in [0.25, 0.3) is 0 Å². The molecular weight excluding hydrogens is 236 g/mol. The lowest BCUT2D eigenvalue weighted by molar-refractivity contribution is -0.121. The fraction of sp³-hybridized carbons (Fsp3) is 0.727. The van der Waals surface area contributed by atoms with Crippen molar-refractivity contribution in [1.29, 1.82) is 0 Å². The number of carbonyl (C=O) groups is 3. The second-order valence-corrected chi connectivity index (χ2v) is 4.47. The molecule has 0 bridgehead atoms. The zero-order valence-electron chi connectivity index (χ0n) is 10.4. The molecule has 7 heteroatoms. The summed E-state index contributed by atoms with van der Waals surface area (Å²) < 4.78 is 0. The largest absolute Gasteiger partial charge is 0.368 e. The van der Waals surface area contributed by atoms with E-state index in [2.05, 4.69) is 0 Å². The van der Waals surface area contributed by atoms with Gasteiger partial charge in [0.2, 0.25) is 11.8 Å². The maximum atomic E-state index is 12.2. The lowest BCUT2D eigenvalue weighted by atomic mass is 10.2. The number of rotatable bonds is 4. The maximum absolute atomic E-state index is 12.2. The minimum absolute atomic E-state index is 0.279. The standard InChI is InChI=1S/C11H20N4O3/c12-9(16)7-15(8-10(13)17)11(18)14-5-3-1-2-4-6-14/h1-8H2,(H2,12,16)(H2,13,17). The van der Waals surface area contributed by atoms with E-state index < -0.39 is 11.8 Å². The van der Waals surface area contributed by atoms with Crippen molar-refractivity contribution < 1.29 is 14.4 Å². The Hall–Kier alpha value is -1.79. The number of hydrogen-bond donors (Lipinski definition) is 2. The predicted octanol–water partition coefficient (Wildman–Crippen LogP) is -0.745. The molecule has 7 nitrogen and oxygen atoms in total. The number of nitrogens with zero attached hydrogens (tertiary/aromatic N) is 2. The molecule has 1 heterocycles. The monoisotopic (exact) mass is 256 g/mol. The molecule has 0 spiro atoms. The molecular formula is C11H20N4O3. The van der Waals surface area contributed by atoms with Gasteiger partial charge in [-0.15, -0.1) is 0 Å². The van der Waals surface area contributed by atoms with Crippen LogP contribution in [-0.2, 0) is 9.59 Å². The van der Waals surface area contributed by atoms with E-state index >= 15 is 0 Å². The summed E-state index contributed by atoms with van der Waals surface area (Å²) in [5.41, 5.74) is 10.1. The van der Waals surface area contributed by atoms with Gasteiger partial charge in [0.25, 0.3) is 0 Å². The Balaban J connectivity index is 2.66. The number of urea groups is 1.